The smallest absolute Gasteiger partial charge is 0.201 e. The van der Waals surface area contributed by atoms with E-state index < -0.39 is 29.1 Å². The van der Waals surface area contributed by atoms with Crippen LogP contribution in [0.15, 0.2) is 42.5 Å². The summed E-state index contributed by atoms with van der Waals surface area (Å²) in [6.45, 7) is 3.66. The van der Waals surface area contributed by atoms with Crippen molar-refractivity contribution in [3.63, 3.8) is 0 Å². The van der Waals surface area contributed by atoms with Gasteiger partial charge in [-0.3, -0.25) is 0 Å². The van der Waals surface area contributed by atoms with Crippen molar-refractivity contribution in [1.29, 1.82) is 0 Å². The van der Waals surface area contributed by atoms with E-state index in [1.54, 1.807) is 24.3 Å². The summed E-state index contributed by atoms with van der Waals surface area (Å²) in [5.74, 6) is -4.60. The van der Waals surface area contributed by atoms with Crippen LogP contribution in [-0.2, 0) is 0 Å². The fraction of sp³-hybridized carbons (Fsp3) is 0.357. The van der Waals surface area contributed by atoms with Crippen molar-refractivity contribution in [3.05, 3.63) is 88.2 Å². The van der Waals surface area contributed by atoms with Crippen LogP contribution >= 0.6 is 0 Å². The Bertz CT molecular complexity index is 1180. The maximum atomic E-state index is 15.0. The minimum atomic E-state index is -1.09. The molecule has 3 aromatic rings. The summed E-state index contributed by atoms with van der Waals surface area (Å²) in [5, 5.41) is 0. The van der Waals surface area contributed by atoms with E-state index in [4.69, 9.17) is 4.74 Å². The Kier molecular flexibility index (Phi) is 7.24. The molecule has 4 rings (SSSR count). The molecule has 0 spiro atoms. The molecule has 0 radical (unpaired) electrons. The summed E-state index contributed by atoms with van der Waals surface area (Å²) in [6, 6.07) is 10.4. The van der Waals surface area contributed by atoms with Crippen molar-refractivity contribution in [2.75, 3.05) is 6.61 Å². The Morgan fingerprint density at radius 1 is 0.735 bits per heavy atom. The number of rotatable bonds is 6. The fourth-order valence-electron chi connectivity index (χ4n) is 4.80. The Hall–Kier alpha value is -2.89. The van der Waals surface area contributed by atoms with E-state index in [0.29, 0.717) is 43.2 Å². The molecule has 0 saturated heterocycles. The lowest BCUT2D eigenvalue weighted by Gasteiger charge is -2.29. The van der Waals surface area contributed by atoms with Crippen LogP contribution in [0.2, 0.25) is 0 Å². The second kappa shape index (κ2) is 10.2. The molecule has 0 N–H and O–H groups in total. The first-order valence-electron chi connectivity index (χ1n) is 11.7. The molecule has 0 atom stereocenters. The van der Waals surface area contributed by atoms with Crippen LogP contribution in [0.3, 0.4) is 0 Å². The second-order valence-corrected chi connectivity index (χ2v) is 8.97. The third-order valence-electron chi connectivity index (χ3n) is 6.73. The molecule has 6 heteroatoms. The topological polar surface area (TPSA) is 9.23 Å². The van der Waals surface area contributed by atoms with Crippen LogP contribution in [0.5, 0.6) is 5.75 Å². The zero-order valence-electron chi connectivity index (χ0n) is 19.2. The largest absolute Gasteiger partial charge is 0.490 e. The van der Waals surface area contributed by atoms with Gasteiger partial charge >= 0.3 is 0 Å². The van der Waals surface area contributed by atoms with E-state index in [-0.39, 0.29) is 40.9 Å². The predicted molar refractivity (Wildman–Crippen MR) is 123 cm³/mol. The van der Waals surface area contributed by atoms with Crippen LogP contribution in [0.1, 0.15) is 67.6 Å². The highest BCUT2D eigenvalue weighted by molar-refractivity contribution is 5.66. The fourth-order valence-corrected chi connectivity index (χ4v) is 4.80. The second-order valence-electron chi connectivity index (χ2n) is 8.97. The summed E-state index contributed by atoms with van der Waals surface area (Å²) < 4.78 is 77.6. The Labute approximate surface area is 196 Å². The molecule has 1 aliphatic rings. The lowest BCUT2D eigenvalue weighted by molar-refractivity contribution is 0.295. The van der Waals surface area contributed by atoms with E-state index in [9.17, 15) is 17.6 Å². The average Bonchev–Trinajstić information content (AvgIpc) is 2.84. The van der Waals surface area contributed by atoms with Crippen molar-refractivity contribution in [1.82, 2.24) is 0 Å². The van der Waals surface area contributed by atoms with Gasteiger partial charge in [-0.1, -0.05) is 31.2 Å². The number of benzene rings is 3. The van der Waals surface area contributed by atoms with Crippen molar-refractivity contribution < 1.29 is 26.7 Å². The molecular weight excluding hydrogens is 447 g/mol. The third kappa shape index (κ3) is 4.68. The standard InChI is InChI=1S/C28H27F5O/c1-3-14-34-24-13-12-22(27(32)28(24)33)19-9-11-20(23(29)15-19)17-5-7-18(8-6-17)21-10-4-16(2)25(30)26(21)31/h4,9-13,15,17-18H,3,5-8,14H2,1-2H3. The number of halogens is 5. The van der Waals surface area contributed by atoms with Crippen LogP contribution in [0, 0.1) is 36.0 Å². The molecule has 0 bridgehead atoms. The normalized spacial score (nSPS) is 18.2. The number of hydrogen-bond donors (Lipinski definition) is 0. The Balaban J connectivity index is 1.50. The highest BCUT2D eigenvalue weighted by Crippen LogP contribution is 2.43. The van der Waals surface area contributed by atoms with Gasteiger partial charge in [-0.05, 0) is 91.3 Å². The molecule has 1 aliphatic carbocycles. The van der Waals surface area contributed by atoms with Gasteiger partial charge in [0.15, 0.2) is 23.2 Å². The van der Waals surface area contributed by atoms with E-state index in [1.807, 2.05) is 6.92 Å². The minimum Gasteiger partial charge on any atom is -0.490 e. The average molecular weight is 475 g/mol. The van der Waals surface area contributed by atoms with Crippen LogP contribution < -0.4 is 4.74 Å². The summed E-state index contributed by atoms with van der Waals surface area (Å²) in [4.78, 5) is 0. The molecular formula is C28H27F5O. The zero-order chi connectivity index (χ0) is 24.4. The van der Waals surface area contributed by atoms with E-state index in [1.165, 1.54) is 25.1 Å². The first-order chi connectivity index (χ1) is 16.3. The Morgan fingerprint density at radius 3 is 2.03 bits per heavy atom. The molecule has 3 aromatic carbocycles. The van der Waals surface area contributed by atoms with Gasteiger partial charge in [0.25, 0.3) is 0 Å². The van der Waals surface area contributed by atoms with Crippen LogP contribution in [-0.4, -0.2) is 6.61 Å². The molecule has 0 amide bonds. The van der Waals surface area contributed by atoms with E-state index >= 15 is 4.39 Å². The van der Waals surface area contributed by atoms with Gasteiger partial charge in [0.2, 0.25) is 5.82 Å². The summed E-state index contributed by atoms with van der Waals surface area (Å²) in [7, 11) is 0. The number of hydrogen-bond acceptors (Lipinski definition) is 1. The van der Waals surface area contributed by atoms with Gasteiger partial charge in [0, 0.05) is 5.56 Å². The molecule has 180 valence electrons. The molecule has 0 heterocycles. The molecule has 0 aliphatic heterocycles. The number of aryl methyl sites for hydroxylation is 1. The lowest BCUT2D eigenvalue weighted by Crippen LogP contribution is -2.15. The summed E-state index contributed by atoms with van der Waals surface area (Å²) in [6.07, 6.45) is 3.15. The monoisotopic (exact) mass is 474 g/mol. The van der Waals surface area contributed by atoms with Crippen molar-refractivity contribution in [2.45, 2.75) is 57.8 Å². The zero-order valence-corrected chi connectivity index (χ0v) is 19.2. The molecule has 1 fully saturated rings. The van der Waals surface area contributed by atoms with Gasteiger partial charge in [0.1, 0.15) is 5.82 Å². The van der Waals surface area contributed by atoms with Gasteiger partial charge in [-0.15, -0.1) is 0 Å². The third-order valence-corrected chi connectivity index (χ3v) is 6.73. The van der Waals surface area contributed by atoms with Crippen molar-refractivity contribution >= 4 is 0 Å². The molecule has 0 unspecified atom stereocenters. The Morgan fingerprint density at radius 2 is 1.38 bits per heavy atom. The molecule has 0 aromatic heterocycles. The van der Waals surface area contributed by atoms with Crippen LogP contribution in [0.4, 0.5) is 22.0 Å². The van der Waals surface area contributed by atoms with Gasteiger partial charge in [0.05, 0.1) is 6.61 Å². The molecule has 34 heavy (non-hydrogen) atoms. The molecule has 1 saturated carbocycles. The maximum Gasteiger partial charge on any atom is 0.201 e. The van der Waals surface area contributed by atoms with Gasteiger partial charge < -0.3 is 4.74 Å². The highest BCUT2D eigenvalue weighted by Gasteiger charge is 2.28. The number of ether oxygens (including phenoxy) is 1. The van der Waals surface area contributed by atoms with E-state index in [2.05, 4.69) is 0 Å². The quantitative estimate of drug-likeness (QED) is 0.325. The predicted octanol–water partition coefficient (Wildman–Crippen LogP) is 8.59. The van der Waals surface area contributed by atoms with Crippen molar-refractivity contribution in [3.8, 4) is 16.9 Å². The van der Waals surface area contributed by atoms with Crippen molar-refractivity contribution in [2.24, 2.45) is 0 Å². The highest BCUT2D eigenvalue weighted by atomic mass is 19.2. The van der Waals surface area contributed by atoms with Crippen LogP contribution in [0.25, 0.3) is 11.1 Å². The van der Waals surface area contributed by atoms with E-state index in [0.717, 1.165) is 0 Å². The molecule has 1 nitrogen and oxygen atoms in total. The summed E-state index contributed by atoms with van der Waals surface area (Å²) >= 11 is 0. The summed E-state index contributed by atoms with van der Waals surface area (Å²) in [5.41, 5.74) is 1.36. The lowest BCUT2D eigenvalue weighted by atomic mass is 9.75. The first kappa shape index (κ1) is 24.2. The van der Waals surface area contributed by atoms with Gasteiger partial charge in [-0.2, -0.15) is 4.39 Å². The maximum absolute atomic E-state index is 15.0. The first-order valence-corrected chi connectivity index (χ1v) is 11.7. The minimum absolute atomic E-state index is 0.0348. The van der Waals surface area contributed by atoms with Gasteiger partial charge in [-0.25, -0.2) is 17.6 Å². The SMILES string of the molecule is CCCOc1ccc(-c2ccc(C3CCC(c4ccc(C)c(F)c4F)CC3)c(F)c2)c(F)c1F.